The second-order valence-electron chi connectivity index (χ2n) is 7.30. The van der Waals surface area contributed by atoms with E-state index in [2.05, 4.69) is 16.0 Å². The molecule has 0 radical (unpaired) electrons. The summed E-state index contributed by atoms with van der Waals surface area (Å²) in [6.07, 6.45) is 5.76. The van der Waals surface area contributed by atoms with Gasteiger partial charge in [-0.1, -0.05) is 55.3 Å². The van der Waals surface area contributed by atoms with Crippen molar-refractivity contribution in [1.82, 2.24) is 10.6 Å². The molecule has 1 saturated carbocycles. The highest BCUT2D eigenvalue weighted by atomic mass is 16.2. The Labute approximate surface area is 171 Å². The van der Waals surface area contributed by atoms with Gasteiger partial charge in [-0.2, -0.15) is 0 Å². The monoisotopic (exact) mass is 393 g/mol. The lowest BCUT2D eigenvalue weighted by molar-refractivity contribution is -0.136. The SMILES string of the molecule is O=C(NCCCc1ccccc1)C(=O)Nc1ccccc1C(=O)NC1CCCC1. The number of para-hydroxylation sites is 1. The highest BCUT2D eigenvalue weighted by Gasteiger charge is 2.21. The summed E-state index contributed by atoms with van der Waals surface area (Å²) in [5.74, 6) is -1.70. The third kappa shape index (κ3) is 6.17. The molecule has 1 aliphatic rings. The van der Waals surface area contributed by atoms with E-state index in [9.17, 15) is 14.4 Å². The molecular formula is C23H27N3O3. The van der Waals surface area contributed by atoms with E-state index in [4.69, 9.17) is 0 Å². The van der Waals surface area contributed by atoms with Gasteiger partial charge >= 0.3 is 11.8 Å². The number of anilines is 1. The van der Waals surface area contributed by atoms with Crippen LogP contribution < -0.4 is 16.0 Å². The summed E-state index contributed by atoms with van der Waals surface area (Å²) >= 11 is 0. The largest absolute Gasteiger partial charge is 0.349 e. The van der Waals surface area contributed by atoms with Gasteiger partial charge < -0.3 is 16.0 Å². The predicted molar refractivity (Wildman–Crippen MR) is 113 cm³/mol. The van der Waals surface area contributed by atoms with Gasteiger partial charge in [-0.25, -0.2) is 0 Å². The maximum atomic E-state index is 12.6. The standard InChI is InChI=1S/C23H27N3O3/c27-21(25-18-12-4-5-13-18)19-14-6-7-15-20(19)26-23(29)22(28)24-16-8-11-17-9-2-1-3-10-17/h1-3,6-7,9-10,14-15,18H,4-5,8,11-13,16H2,(H,24,28)(H,25,27)(H,26,29). The summed E-state index contributed by atoms with van der Waals surface area (Å²) < 4.78 is 0. The molecule has 3 rings (SSSR count). The zero-order valence-corrected chi connectivity index (χ0v) is 16.4. The lowest BCUT2D eigenvalue weighted by Crippen LogP contribution is -2.37. The fourth-order valence-electron chi connectivity index (χ4n) is 3.52. The second kappa shape index (κ2) is 10.4. The number of hydrogen-bond donors (Lipinski definition) is 3. The first-order valence-electron chi connectivity index (χ1n) is 10.2. The van der Waals surface area contributed by atoms with Crippen LogP contribution >= 0.6 is 0 Å². The molecule has 29 heavy (non-hydrogen) atoms. The summed E-state index contributed by atoms with van der Waals surface area (Å²) in [5.41, 5.74) is 1.89. The quantitative estimate of drug-likeness (QED) is 0.499. The zero-order valence-electron chi connectivity index (χ0n) is 16.4. The lowest BCUT2D eigenvalue weighted by atomic mass is 10.1. The van der Waals surface area contributed by atoms with E-state index in [0.29, 0.717) is 17.8 Å². The van der Waals surface area contributed by atoms with Gasteiger partial charge in [-0.3, -0.25) is 14.4 Å². The number of benzene rings is 2. The fourth-order valence-corrected chi connectivity index (χ4v) is 3.52. The van der Waals surface area contributed by atoms with E-state index in [1.165, 1.54) is 5.56 Å². The van der Waals surface area contributed by atoms with Gasteiger partial charge in [0.15, 0.2) is 0 Å². The highest BCUT2D eigenvalue weighted by molar-refractivity contribution is 6.40. The molecule has 3 amide bonds. The summed E-state index contributed by atoms with van der Waals surface area (Å²) in [6.45, 7) is 0.408. The smallest absolute Gasteiger partial charge is 0.313 e. The Morgan fingerprint density at radius 3 is 2.31 bits per heavy atom. The van der Waals surface area contributed by atoms with Crippen molar-refractivity contribution in [1.29, 1.82) is 0 Å². The summed E-state index contributed by atoms with van der Waals surface area (Å²) in [5, 5.41) is 8.20. The van der Waals surface area contributed by atoms with Gasteiger partial charge in [0.05, 0.1) is 11.3 Å². The topological polar surface area (TPSA) is 87.3 Å². The van der Waals surface area contributed by atoms with Crippen molar-refractivity contribution in [3.63, 3.8) is 0 Å². The molecule has 0 heterocycles. The molecule has 0 spiro atoms. The van der Waals surface area contributed by atoms with Gasteiger partial charge in [0, 0.05) is 12.6 Å². The van der Waals surface area contributed by atoms with E-state index in [1.807, 2.05) is 30.3 Å². The van der Waals surface area contributed by atoms with E-state index >= 15 is 0 Å². The van der Waals surface area contributed by atoms with Gasteiger partial charge in [-0.05, 0) is 43.4 Å². The summed E-state index contributed by atoms with van der Waals surface area (Å²) in [7, 11) is 0. The van der Waals surface area contributed by atoms with Crippen LogP contribution in [0.5, 0.6) is 0 Å². The van der Waals surface area contributed by atoms with Crippen LogP contribution in [0.4, 0.5) is 5.69 Å². The molecule has 0 unspecified atom stereocenters. The third-order valence-corrected chi connectivity index (χ3v) is 5.09. The minimum absolute atomic E-state index is 0.180. The van der Waals surface area contributed by atoms with Crippen LogP contribution in [0.3, 0.4) is 0 Å². The van der Waals surface area contributed by atoms with Gasteiger partial charge in [0.2, 0.25) is 0 Å². The minimum Gasteiger partial charge on any atom is -0.349 e. The average Bonchev–Trinajstić information content (AvgIpc) is 3.25. The van der Waals surface area contributed by atoms with Crippen LogP contribution in [0.1, 0.15) is 48.0 Å². The molecule has 0 saturated heterocycles. The second-order valence-corrected chi connectivity index (χ2v) is 7.30. The Balaban J connectivity index is 1.49. The maximum absolute atomic E-state index is 12.6. The maximum Gasteiger partial charge on any atom is 0.313 e. The molecule has 0 bridgehead atoms. The molecule has 2 aromatic carbocycles. The highest BCUT2D eigenvalue weighted by Crippen LogP contribution is 2.20. The molecule has 0 aliphatic heterocycles. The average molecular weight is 393 g/mol. The van der Waals surface area contributed by atoms with Crippen LogP contribution in [0, 0.1) is 0 Å². The van der Waals surface area contributed by atoms with Gasteiger partial charge in [-0.15, -0.1) is 0 Å². The minimum atomic E-state index is -0.772. The first kappa shape index (κ1) is 20.6. The van der Waals surface area contributed by atoms with Crippen LogP contribution in [0.15, 0.2) is 54.6 Å². The normalized spacial score (nSPS) is 13.7. The van der Waals surface area contributed by atoms with Crippen LogP contribution in [-0.2, 0) is 16.0 Å². The number of nitrogens with one attached hydrogen (secondary N) is 3. The molecule has 0 atom stereocenters. The first-order valence-corrected chi connectivity index (χ1v) is 10.2. The van der Waals surface area contributed by atoms with Crippen LogP contribution in [0.2, 0.25) is 0 Å². The number of rotatable bonds is 7. The van der Waals surface area contributed by atoms with Gasteiger partial charge in [0.25, 0.3) is 5.91 Å². The Kier molecular flexibility index (Phi) is 7.39. The lowest BCUT2D eigenvalue weighted by Gasteiger charge is -2.15. The molecule has 1 aliphatic carbocycles. The Morgan fingerprint density at radius 2 is 1.55 bits per heavy atom. The van der Waals surface area contributed by atoms with Gasteiger partial charge in [0.1, 0.15) is 0 Å². The van der Waals surface area contributed by atoms with E-state index in [-0.39, 0.29) is 11.9 Å². The molecular weight excluding hydrogens is 366 g/mol. The Hall–Kier alpha value is -3.15. The molecule has 1 fully saturated rings. The van der Waals surface area contributed by atoms with Crippen molar-refractivity contribution in [3.05, 3.63) is 65.7 Å². The third-order valence-electron chi connectivity index (χ3n) is 5.09. The first-order chi connectivity index (χ1) is 14.1. The molecule has 0 aromatic heterocycles. The molecule has 2 aromatic rings. The number of hydrogen-bond acceptors (Lipinski definition) is 3. The van der Waals surface area contributed by atoms with Crippen molar-refractivity contribution in [3.8, 4) is 0 Å². The fraction of sp³-hybridized carbons (Fsp3) is 0.348. The number of aryl methyl sites for hydroxylation is 1. The molecule has 3 N–H and O–H groups in total. The van der Waals surface area contributed by atoms with Crippen molar-refractivity contribution >= 4 is 23.4 Å². The van der Waals surface area contributed by atoms with E-state index < -0.39 is 11.8 Å². The van der Waals surface area contributed by atoms with Crippen LogP contribution in [-0.4, -0.2) is 30.3 Å². The number of carbonyl (C=O) groups is 3. The number of carbonyl (C=O) groups excluding carboxylic acids is 3. The molecule has 6 heteroatoms. The van der Waals surface area contributed by atoms with Crippen LogP contribution in [0.25, 0.3) is 0 Å². The Bertz CT molecular complexity index is 845. The van der Waals surface area contributed by atoms with E-state index in [1.54, 1.807) is 24.3 Å². The van der Waals surface area contributed by atoms with Crippen molar-refractivity contribution in [2.45, 2.75) is 44.6 Å². The summed E-state index contributed by atoms with van der Waals surface area (Å²) in [6, 6.07) is 16.9. The van der Waals surface area contributed by atoms with Crippen molar-refractivity contribution < 1.29 is 14.4 Å². The predicted octanol–water partition coefficient (Wildman–Crippen LogP) is 3.05. The Morgan fingerprint density at radius 1 is 0.862 bits per heavy atom. The molecule has 152 valence electrons. The summed E-state index contributed by atoms with van der Waals surface area (Å²) in [4.78, 5) is 36.9. The van der Waals surface area contributed by atoms with Crippen molar-refractivity contribution in [2.75, 3.05) is 11.9 Å². The number of amides is 3. The van der Waals surface area contributed by atoms with E-state index in [0.717, 1.165) is 38.5 Å². The zero-order chi connectivity index (χ0) is 20.5. The molecule has 6 nitrogen and oxygen atoms in total. The van der Waals surface area contributed by atoms with Crippen molar-refractivity contribution in [2.24, 2.45) is 0 Å².